The van der Waals surface area contributed by atoms with E-state index in [2.05, 4.69) is 25.1 Å². The molecule has 4 heterocycles. The van der Waals surface area contributed by atoms with Crippen LogP contribution in [-0.4, -0.2) is 51.2 Å². The number of anilines is 1. The van der Waals surface area contributed by atoms with Gasteiger partial charge in [0.1, 0.15) is 17.1 Å². The van der Waals surface area contributed by atoms with E-state index < -0.39 is 5.82 Å². The average molecular weight is 502 g/mol. The van der Waals surface area contributed by atoms with E-state index in [0.717, 1.165) is 6.42 Å². The quantitative estimate of drug-likeness (QED) is 0.243. The van der Waals surface area contributed by atoms with Crippen molar-refractivity contribution in [3.8, 4) is 11.5 Å². The third-order valence-electron chi connectivity index (χ3n) is 6.30. The van der Waals surface area contributed by atoms with Gasteiger partial charge in [0.25, 0.3) is 0 Å². The zero-order valence-corrected chi connectivity index (χ0v) is 20.0. The second-order valence-electron chi connectivity index (χ2n) is 8.81. The van der Waals surface area contributed by atoms with E-state index in [1.807, 2.05) is 0 Å². The molecule has 3 N–H and O–H groups in total. The van der Waals surface area contributed by atoms with Crippen LogP contribution in [0.4, 0.5) is 15.8 Å². The first kappa shape index (κ1) is 24.4. The summed E-state index contributed by atoms with van der Waals surface area (Å²) in [5.74, 6) is -0.494. The first-order valence-electron chi connectivity index (χ1n) is 11.8. The van der Waals surface area contributed by atoms with Crippen LogP contribution in [0.15, 0.2) is 48.9 Å². The Bertz CT molecular complexity index is 1500. The Balaban J connectivity index is 1.47. The Kier molecular flexibility index (Phi) is 6.81. The van der Waals surface area contributed by atoms with E-state index >= 15 is 0 Å². The van der Waals surface area contributed by atoms with Crippen LogP contribution in [0, 0.1) is 19.3 Å². The number of fused-ring (bicyclic) bond motifs is 1. The molecule has 4 aromatic rings. The number of ether oxygens (including phenoxy) is 2. The van der Waals surface area contributed by atoms with Crippen LogP contribution in [0.25, 0.3) is 15.9 Å². The van der Waals surface area contributed by atoms with Gasteiger partial charge in [0, 0.05) is 23.8 Å². The van der Waals surface area contributed by atoms with Crippen molar-refractivity contribution in [1.29, 1.82) is 0 Å². The maximum atomic E-state index is 14.0. The van der Waals surface area contributed by atoms with Gasteiger partial charge in [0.2, 0.25) is 11.5 Å². The molecule has 0 spiro atoms. The van der Waals surface area contributed by atoms with Crippen molar-refractivity contribution < 1.29 is 23.8 Å². The molecule has 1 fully saturated rings. The molecule has 1 aliphatic heterocycles. The average Bonchev–Trinajstić information content (AvgIpc) is 3.35. The van der Waals surface area contributed by atoms with Gasteiger partial charge in [-0.05, 0) is 43.5 Å². The van der Waals surface area contributed by atoms with Crippen LogP contribution in [-0.2, 0) is 4.74 Å². The lowest BCUT2D eigenvalue weighted by Crippen LogP contribution is -2.36. The summed E-state index contributed by atoms with van der Waals surface area (Å²) < 4.78 is 25.2. The molecule has 188 valence electrons. The third-order valence-corrected chi connectivity index (χ3v) is 6.30. The van der Waals surface area contributed by atoms with Crippen molar-refractivity contribution in [2.24, 2.45) is 0 Å². The van der Waals surface area contributed by atoms with Crippen molar-refractivity contribution in [3.05, 3.63) is 83.0 Å². The molecule has 37 heavy (non-hydrogen) atoms. The summed E-state index contributed by atoms with van der Waals surface area (Å²) in [5, 5.41) is 13.2. The maximum absolute atomic E-state index is 14.0. The normalized spacial score (nSPS) is 17.4. The summed E-state index contributed by atoms with van der Waals surface area (Å²) in [7, 11) is 0. The lowest BCUT2D eigenvalue weighted by molar-refractivity contribution is -0.0223. The van der Waals surface area contributed by atoms with E-state index in [1.54, 1.807) is 31.3 Å². The first-order chi connectivity index (χ1) is 18.0. The molecule has 3 aromatic heterocycles. The number of H-pyrrole nitrogens is 1. The zero-order valence-electron chi connectivity index (χ0n) is 20.0. The van der Waals surface area contributed by atoms with E-state index in [1.165, 1.54) is 24.5 Å². The summed E-state index contributed by atoms with van der Waals surface area (Å²) >= 11 is 0. The van der Waals surface area contributed by atoms with Crippen molar-refractivity contribution >= 4 is 28.2 Å². The van der Waals surface area contributed by atoms with Gasteiger partial charge >= 0.3 is 0 Å². The Morgan fingerprint density at radius 3 is 2.86 bits per heavy atom. The summed E-state index contributed by atoms with van der Waals surface area (Å²) in [4.78, 5) is 28.9. The molecule has 0 unspecified atom stereocenters. The van der Waals surface area contributed by atoms with Crippen molar-refractivity contribution in [3.63, 3.8) is 0 Å². The monoisotopic (exact) mass is 501 g/mol. The number of pyridine rings is 2. The Hall–Kier alpha value is -4.33. The molecule has 0 aliphatic carbocycles. The number of ketones is 1. The Morgan fingerprint density at radius 2 is 2.16 bits per heavy atom. The summed E-state index contributed by atoms with van der Waals surface area (Å²) in [6, 6.07) is 7.56. The molecule has 0 amide bonds. The number of aryl methyl sites for hydroxylation is 1. The fraction of sp³-hybridized carbons (Fsp3) is 0.259. The number of nitrogens with zero attached hydrogens (tertiary/aromatic N) is 3. The number of benzene rings is 1. The van der Waals surface area contributed by atoms with Gasteiger partial charge in [0.05, 0.1) is 43.3 Å². The molecule has 1 aromatic carbocycles. The summed E-state index contributed by atoms with van der Waals surface area (Å²) in [5.41, 5.74) is 2.31. The van der Waals surface area contributed by atoms with Crippen LogP contribution in [0.5, 0.6) is 11.5 Å². The molecular formula is C27H24FN5O4. The molecule has 5 rings (SSSR count). The number of halogens is 1. The fourth-order valence-corrected chi connectivity index (χ4v) is 4.39. The van der Waals surface area contributed by atoms with Gasteiger partial charge in [-0.15, -0.1) is 0 Å². The maximum Gasteiger partial charge on any atom is 0.228 e. The van der Waals surface area contributed by atoms with Gasteiger partial charge in [-0.3, -0.25) is 4.79 Å². The number of para-hydroxylation sites is 1. The van der Waals surface area contributed by atoms with E-state index in [9.17, 15) is 14.3 Å². The highest BCUT2D eigenvalue weighted by molar-refractivity contribution is 6.19. The van der Waals surface area contributed by atoms with Crippen LogP contribution in [0.3, 0.4) is 0 Å². The molecular weight excluding hydrogens is 477 g/mol. The Morgan fingerprint density at radius 1 is 1.32 bits per heavy atom. The molecule has 9 nitrogen and oxygen atoms in total. The van der Waals surface area contributed by atoms with Gasteiger partial charge in [-0.25, -0.2) is 19.2 Å². The van der Waals surface area contributed by atoms with Crippen LogP contribution >= 0.6 is 0 Å². The molecule has 1 saturated heterocycles. The van der Waals surface area contributed by atoms with Gasteiger partial charge in [-0.1, -0.05) is 12.1 Å². The molecule has 2 atom stereocenters. The fourth-order valence-electron chi connectivity index (χ4n) is 4.39. The highest BCUT2D eigenvalue weighted by Gasteiger charge is 2.26. The number of hydrogen-bond acceptors (Lipinski definition) is 7. The number of rotatable bonds is 7. The third kappa shape index (κ3) is 4.87. The molecule has 0 bridgehead atoms. The first-order valence-corrected chi connectivity index (χ1v) is 11.8. The van der Waals surface area contributed by atoms with E-state index in [0.29, 0.717) is 46.6 Å². The number of carbonyl (C=O) groups is 1. The van der Waals surface area contributed by atoms with Crippen LogP contribution < -0.4 is 10.1 Å². The Labute approximate surface area is 212 Å². The van der Waals surface area contributed by atoms with Gasteiger partial charge in [0.15, 0.2) is 11.6 Å². The minimum absolute atomic E-state index is 0.0353. The lowest BCUT2D eigenvalue weighted by Gasteiger charge is -2.29. The minimum Gasteiger partial charge on any atom is -0.453 e. The molecule has 0 saturated carbocycles. The van der Waals surface area contributed by atoms with Crippen molar-refractivity contribution in [2.75, 3.05) is 18.5 Å². The minimum atomic E-state index is -0.502. The standard InChI is InChI=1S/C27H24FN5O4/c1-15-9-18(37-22-6-4-3-5-20(22)28)10-30-24(15)26(35)19-11-31-27-23(19)25(21(29-2)12-32-27)33-16-7-8-17(13-34)36-14-16/h3-6,9-12,16-17,34H,7-8,13-14H2,1H3,(H2,31,32,33)/t16-,17+/m1/s1. The lowest BCUT2D eigenvalue weighted by atomic mass is 10.0. The van der Waals surface area contributed by atoms with Crippen molar-refractivity contribution in [2.45, 2.75) is 31.9 Å². The predicted octanol–water partition coefficient (Wildman–Crippen LogP) is 4.93. The van der Waals surface area contributed by atoms with E-state index in [4.69, 9.17) is 16.0 Å². The summed E-state index contributed by atoms with van der Waals surface area (Å²) in [6.07, 6.45) is 5.62. The van der Waals surface area contributed by atoms with Gasteiger partial charge < -0.3 is 24.9 Å². The summed E-state index contributed by atoms with van der Waals surface area (Å²) in [6.45, 7) is 9.69. The molecule has 10 heteroatoms. The number of carbonyl (C=O) groups excluding carboxylic acids is 1. The smallest absolute Gasteiger partial charge is 0.228 e. The largest absolute Gasteiger partial charge is 0.453 e. The second kappa shape index (κ2) is 10.3. The van der Waals surface area contributed by atoms with E-state index in [-0.39, 0.29) is 41.7 Å². The number of aromatic amines is 1. The number of aliphatic hydroxyl groups is 1. The highest BCUT2D eigenvalue weighted by atomic mass is 19.1. The zero-order chi connectivity index (χ0) is 25.9. The van der Waals surface area contributed by atoms with Crippen LogP contribution in [0.2, 0.25) is 0 Å². The topological polar surface area (TPSA) is 114 Å². The molecule has 1 aliphatic rings. The number of hydrogen-bond donors (Lipinski definition) is 3. The predicted molar refractivity (Wildman–Crippen MR) is 135 cm³/mol. The van der Waals surface area contributed by atoms with Crippen LogP contribution in [0.1, 0.15) is 34.5 Å². The number of aromatic nitrogens is 3. The number of nitrogens with one attached hydrogen (secondary N) is 2. The number of aliphatic hydroxyl groups excluding tert-OH is 1. The van der Waals surface area contributed by atoms with Gasteiger partial charge in [-0.2, -0.15) is 0 Å². The highest BCUT2D eigenvalue weighted by Crippen LogP contribution is 2.37. The second-order valence-corrected chi connectivity index (χ2v) is 8.81. The molecule has 0 radical (unpaired) electrons. The van der Waals surface area contributed by atoms with Crippen molar-refractivity contribution in [1.82, 2.24) is 15.0 Å². The SMILES string of the molecule is [C-]#[N+]c1cnc2[nH]cc(C(=O)c3ncc(Oc4ccccc4F)cc3C)c2c1N[C@@H]1CC[C@@H](CO)OC1.